The van der Waals surface area contributed by atoms with Crippen LogP contribution in [0.15, 0.2) is 35.5 Å². The molecule has 2 rings (SSSR count). The van der Waals surface area contributed by atoms with Gasteiger partial charge in [-0.3, -0.25) is 9.48 Å². The van der Waals surface area contributed by atoms with Crippen molar-refractivity contribution >= 4 is 21.6 Å². The summed E-state index contributed by atoms with van der Waals surface area (Å²) in [5.74, 6) is -0.269. The van der Waals surface area contributed by atoms with Crippen LogP contribution >= 0.6 is 0 Å². The predicted octanol–water partition coefficient (Wildman–Crippen LogP) is 1.13. The number of nitrogens with zero attached hydrogens (tertiary/aromatic N) is 3. The lowest BCUT2D eigenvalue weighted by Gasteiger charge is -2.17. The molecule has 1 aromatic carbocycles. The number of sulfonamides is 1. The van der Waals surface area contributed by atoms with Crippen LogP contribution in [0.5, 0.6) is 5.75 Å². The first kappa shape index (κ1) is 20.9. The average molecular weight is 395 g/mol. The van der Waals surface area contributed by atoms with Crippen molar-refractivity contribution in [2.24, 2.45) is 5.14 Å². The number of hydrogen-bond donors (Lipinski definition) is 2. The molecule has 0 spiro atoms. The zero-order valence-corrected chi connectivity index (χ0v) is 16.5. The van der Waals surface area contributed by atoms with E-state index in [-0.39, 0.29) is 16.2 Å². The Balaban J connectivity index is 2.13. The van der Waals surface area contributed by atoms with Crippen LogP contribution in [-0.2, 0) is 16.6 Å². The van der Waals surface area contributed by atoms with Crippen molar-refractivity contribution in [2.75, 3.05) is 32.1 Å². The van der Waals surface area contributed by atoms with Crippen molar-refractivity contribution in [1.82, 2.24) is 14.7 Å². The highest BCUT2D eigenvalue weighted by atomic mass is 32.2. The third-order valence-corrected chi connectivity index (χ3v) is 5.09. The van der Waals surface area contributed by atoms with Gasteiger partial charge in [-0.15, -0.1) is 0 Å². The fourth-order valence-corrected chi connectivity index (χ4v) is 3.11. The maximum atomic E-state index is 12.6. The van der Waals surface area contributed by atoms with E-state index in [1.165, 1.54) is 31.5 Å². The first-order valence-electron chi connectivity index (χ1n) is 8.55. The maximum absolute atomic E-state index is 12.6. The molecule has 0 unspecified atom stereocenters. The number of ether oxygens (including phenoxy) is 1. The first-order valence-corrected chi connectivity index (χ1v) is 10.1. The van der Waals surface area contributed by atoms with Crippen molar-refractivity contribution in [3.05, 3.63) is 36.2 Å². The molecule has 0 aliphatic heterocycles. The highest BCUT2D eigenvalue weighted by Crippen LogP contribution is 2.23. The molecule has 0 fully saturated rings. The number of benzene rings is 1. The van der Waals surface area contributed by atoms with E-state index in [1.54, 1.807) is 10.9 Å². The third kappa shape index (κ3) is 5.52. The molecule has 0 bridgehead atoms. The Morgan fingerprint density at radius 2 is 2.04 bits per heavy atom. The summed E-state index contributed by atoms with van der Waals surface area (Å²) in [4.78, 5) is 14.7. The molecule has 0 aliphatic rings. The van der Waals surface area contributed by atoms with E-state index in [0.29, 0.717) is 12.2 Å². The number of primary sulfonamides is 1. The number of methoxy groups -OCH3 is 1. The molecule has 0 atom stereocenters. The first-order chi connectivity index (χ1) is 12.8. The van der Waals surface area contributed by atoms with Gasteiger partial charge in [-0.05, 0) is 31.3 Å². The molecule has 148 valence electrons. The van der Waals surface area contributed by atoms with Gasteiger partial charge in [-0.25, -0.2) is 13.6 Å². The molecular weight excluding hydrogens is 370 g/mol. The lowest BCUT2D eigenvalue weighted by Crippen LogP contribution is -2.27. The Kier molecular flexibility index (Phi) is 6.94. The minimum Gasteiger partial charge on any atom is -0.496 e. The minimum atomic E-state index is -3.93. The third-order valence-electron chi connectivity index (χ3n) is 4.17. The van der Waals surface area contributed by atoms with Crippen LogP contribution in [0.2, 0.25) is 0 Å². The number of hydrogen-bond acceptors (Lipinski definition) is 6. The molecule has 0 radical (unpaired) electrons. The summed E-state index contributed by atoms with van der Waals surface area (Å²) >= 11 is 0. The Morgan fingerprint density at radius 3 is 2.63 bits per heavy atom. The van der Waals surface area contributed by atoms with Gasteiger partial charge in [0.15, 0.2) is 0 Å². The molecular formula is C17H25N5O4S. The average Bonchev–Trinajstić information content (AvgIpc) is 3.08. The molecule has 2 aromatic rings. The predicted molar refractivity (Wildman–Crippen MR) is 102 cm³/mol. The normalized spacial score (nSPS) is 11.6. The molecule has 9 nitrogen and oxygen atoms in total. The van der Waals surface area contributed by atoms with Gasteiger partial charge in [-0.2, -0.15) is 5.10 Å². The van der Waals surface area contributed by atoms with Gasteiger partial charge in [0.25, 0.3) is 5.91 Å². The molecule has 0 aliphatic carbocycles. The molecule has 0 saturated carbocycles. The van der Waals surface area contributed by atoms with Crippen LogP contribution in [0.1, 0.15) is 24.2 Å². The zero-order valence-electron chi connectivity index (χ0n) is 15.7. The van der Waals surface area contributed by atoms with E-state index in [2.05, 4.69) is 29.2 Å². The summed E-state index contributed by atoms with van der Waals surface area (Å²) in [7, 11) is -2.53. The molecule has 3 N–H and O–H groups in total. The van der Waals surface area contributed by atoms with E-state index in [0.717, 1.165) is 19.6 Å². The van der Waals surface area contributed by atoms with Crippen LogP contribution < -0.4 is 15.2 Å². The highest BCUT2D eigenvalue weighted by molar-refractivity contribution is 7.89. The number of carbonyl (C=O) groups is 1. The van der Waals surface area contributed by atoms with Gasteiger partial charge in [0, 0.05) is 12.7 Å². The maximum Gasteiger partial charge on any atom is 0.259 e. The Labute approximate surface area is 159 Å². The van der Waals surface area contributed by atoms with Crippen LogP contribution in [-0.4, -0.2) is 55.7 Å². The molecule has 10 heteroatoms. The summed E-state index contributed by atoms with van der Waals surface area (Å²) in [5, 5.41) is 12.1. The summed E-state index contributed by atoms with van der Waals surface area (Å²) in [6.45, 7) is 7.67. The van der Waals surface area contributed by atoms with Gasteiger partial charge < -0.3 is 15.0 Å². The second-order valence-electron chi connectivity index (χ2n) is 5.88. The number of nitrogens with one attached hydrogen (secondary N) is 1. The number of rotatable bonds is 9. The van der Waals surface area contributed by atoms with Crippen LogP contribution in [0, 0.1) is 0 Å². The lowest BCUT2D eigenvalue weighted by atomic mass is 10.2. The van der Waals surface area contributed by atoms with Gasteiger partial charge in [0.2, 0.25) is 10.0 Å². The van der Waals surface area contributed by atoms with Crippen molar-refractivity contribution in [1.29, 1.82) is 0 Å². The van der Waals surface area contributed by atoms with Gasteiger partial charge in [0.05, 0.1) is 36.0 Å². The lowest BCUT2D eigenvalue weighted by molar-refractivity contribution is 0.102. The SMILES string of the molecule is CCN(CC)CCn1cc(NC(=O)c2cc(S(N)(=O)=O)ccc2OC)cn1. The van der Waals surface area contributed by atoms with Gasteiger partial charge in [0.1, 0.15) is 5.75 Å². The van der Waals surface area contributed by atoms with E-state index in [1.807, 2.05) is 0 Å². The van der Waals surface area contributed by atoms with Gasteiger partial charge in [-0.1, -0.05) is 13.8 Å². The van der Waals surface area contributed by atoms with Crippen molar-refractivity contribution in [2.45, 2.75) is 25.3 Å². The smallest absolute Gasteiger partial charge is 0.259 e. The molecule has 1 aromatic heterocycles. The summed E-state index contributed by atoms with van der Waals surface area (Å²) < 4.78 is 30.0. The number of anilines is 1. The summed E-state index contributed by atoms with van der Waals surface area (Å²) in [6, 6.07) is 3.87. The number of carbonyl (C=O) groups excluding carboxylic acids is 1. The van der Waals surface area contributed by atoms with E-state index < -0.39 is 15.9 Å². The molecule has 0 saturated heterocycles. The number of nitrogens with two attached hydrogens (primary N) is 1. The number of aromatic nitrogens is 2. The summed E-state index contributed by atoms with van der Waals surface area (Å²) in [5.41, 5.74) is 0.572. The minimum absolute atomic E-state index is 0.0694. The quantitative estimate of drug-likeness (QED) is 0.657. The largest absolute Gasteiger partial charge is 0.496 e. The second-order valence-corrected chi connectivity index (χ2v) is 7.44. The van der Waals surface area contributed by atoms with E-state index >= 15 is 0 Å². The van der Waals surface area contributed by atoms with E-state index in [9.17, 15) is 13.2 Å². The molecule has 1 heterocycles. The molecule has 27 heavy (non-hydrogen) atoms. The molecule has 1 amide bonds. The zero-order chi connectivity index (χ0) is 20.0. The van der Waals surface area contributed by atoms with Crippen molar-refractivity contribution < 1.29 is 17.9 Å². The monoisotopic (exact) mass is 395 g/mol. The van der Waals surface area contributed by atoms with Crippen LogP contribution in [0.25, 0.3) is 0 Å². The highest BCUT2D eigenvalue weighted by Gasteiger charge is 2.18. The Hall–Kier alpha value is -2.43. The van der Waals surface area contributed by atoms with Crippen molar-refractivity contribution in [3.63, 3.8) is 0 Å². The van der Waals surface area contributed by atoms with Gasteiger partial charge >= 0.3 is 0 Å². The standard InChI is InChI=1S/C17H25N5O4S/c1-4-21(5-2)8-9-22-12-13(11-19-22)20-17(23)15-10-14(27(18,24)25)6-7-16(15)26-3/h6-7,10-12H,4-5,8-9H2,1-3H3,(H,20,23)(H2,18,24,25). The summed E-state index contributed by atoms with van der Waals surface area (Å²) in [6.07, 6.45) is 3.26. The Bertz CT molecular complexity index is 890. The van der Waals surface area contributed by atoms with E-state index in [4.69, 9.17) is 9.88 Å². The topological polar surface area (TPSA) is 120 Å². The van der Waals surface area contributed by atoms with Crippen LogP contribution in [0.4, 0.5) is 5.69 Å². The number of amides is 1. The van der Waals surface area contributed by atoms with Crippen LogP contribution in [0.3, 0.4) is 0 Å². The van der Waals surface area contributed by atoms with Crippen molar-refractivity contribution in [3.8, 4) is 5.75 Å². The fourth-order valence-electron chi connectivity index (χ4n) is 2.57. The fraction of sp³-hybridized carbons (Fsp3) is 0.412. The Morgan fingerprint density at radius 1 is 1.33 bits per heavy atom. The number of likely N-dealkylation sites (N-methyl/N-ethyl adjacent to an activating group) is 1. The second kappa shape index (κ2) is 8.98.